The zero-order valence-corrected chi connectivity index (χ0v) is 8.98. The molecule has 0 radical (unpaired) electrons. The number of hydrogen-bond acceptors (Lipinski definition) is 2. The van der Waals surface area contributed by atoms with Gasteiger partial charge in [0.25, 0.3) is 0 Å². The van der Waals surface area contributed by atoms with Crippen molar-refractivity contribution in [3.63, 3.8) is 0 Å². The largest absolute Gasteiger partial charge is 0.480 e. The van der Waals surface area contributed by atoms with Gasteiger partial charge in [0.05, 0.1) is 6.54 Å². The molecule has 0 saturated carbocycles. The number of aliphatic carboxylic acids is 1. The first-order chi connectivity index (χ1) is 6.76. The number of hydrogen-bond donors (Lipinski definition) is 1. The number of nitrogens with zero attached hydrogens (tertiary/aromatic N) is 1. The van der Waals surface area contributed by atoms with Gasteiger partial charge < -0.3 is 5.11 Å². The van der Waals surface area contributed by atoms with Gasteiger partial charge in [-0.1, -0.05) is 6.92 Å². The summed E-state index contributed by atoms with van der Waals surface area (Å²) in [4.78, 5) is 11.4. The van der Waals surface area contributed by atoms with E-state index in [1.807, 2.05) is 0 Å². The fourth-order valence-corrected chi connectivity index (χ4v) is 1.30. The number of alkyl halides is 4. The summed E-state index contributed by atoms with van der Waals surface area (Å²) < 4.78 is 36.1. The van der Waals surface area contributed by atoms with Gasteiger partial charge in [0.1, 0.15) is 5.38 Å². The molecule has 0 aliphatic rings. The molecule has 0 aromatic carbocycles. The van der Waals surface area contributed by atoms with E-state index in [2.05, 4.69) is 0 Å². The van der Waals surface area contributed by atoms with Crippen molar-refractivity contribution in [3.8, 4) is 0 Å². The van der Waals surface area contributed by atoms with E-state index in [9.17, 15) is 18.0 Å². The van der Waals surface area contributed by atoms with E-state index in [0.29, 0.717) is 6.42 Å². The Labute approximate surface area is 90.8 Å². The third-order valence-electron chi connectivity index (χ3n) is 1.63. The SMILES string of the molecule is CCCN(CC(Cl)C(=O)O)CC(F)(F)F. The van der Waals surface area contributed by atoms with Crippen LogP contribution in [-0.4, -0.2) is 47.2 Å². The fraction of sp³-hybridized carbons (Fsp3) is 0.875. The third-order valence-corrected chi connectivity index (χ3v) is 1.95. The first-order valence-corrected chi connectivity index (χ1v) is 4.86. The van der Waals surface area contributed by atoms with Gasteiger partial charge in [-0.2, -0.15) is 13.2 Å². The Kier molecular flexibility index (Phi) is 5.97. The second-order valence-electron chi connectivity index (χ2n) is 3.16. The molecule has 0 saturated heterocycles. The summed E-state index contributed by atoms with van der Waals surface area (Å²) in [5, 5.41) is 7.15. The predicted molar refractivity (Wildman–Crippen MR) is 50.1 cm³/mol. The van der Waals surface area contributed by atoms with Crippen molar-refractivity contribution >= 4 is 17.6 Å². The molecule has 1 N–H and O–H groups in total. The van der Waals surface area contributed by atoms with Gasteiger partial charge >= 0.3 is 12.1 Å². The summed E-state index contributed by atoms with van der Waals surface area (Å²) in [6.45, 7) is 0.463. The van der Waals surface area contributed by atoms with Crippen LogP contribution in [0.5, 0.6) is 0 Å². The van der Waals surface area contributed by atoms with Crippen molar-refractivity contribution in [2.45, 2.75) is 24.9 Å². The maximum atomic E-state index is 12.0. The predicted octanol–water partition coefficient (Wildman–Crippen LogP) is 1.95. The van der Waals surface area contributed by atoms with E-state index in [-0.39, 0.29) is 13.1 Å². The summed E-state index contributed by atoms with van der Waals surface area (Å²) >= 11 is 5.37. The van der Waals surface area contributed by atoms with E-state index in [4.69, 9.17) is 16.7 Å². The van der Waals surface area contributed by atoms with Crippen molar-refractivity contribution in [1.29, 1.82) is 0 Å². The summed E-state index contributed by atoms with van der Waals surface area (Å²) in [5.41, 5.74) is 0. The summed E-state index contributed by atoms with van der Waals surface area (Å²) in [6.07, 6.45) is -3.82. The van der Waals surface area contributed by atoms with Crippen molar-refractivity contribution in [2.75, 3.05) is 19.6 Å². The smallest absolute Gasteiger partial charge is 0.401 e. The van der Waals surface area contributed by atoms with Gasteiger partial charge in [-0.3, -0.25) is 9.69 Å². The van der Waals surface area contributed by atoms with Crippen LogP contribution < -0.4 is 0 Å². The van der Waals surface area contributed by atoms with Crippen LogP contribution in [0.15, 0.2) is 0 Å². The van der Waals surface area contributed by atoms with Crippen LogP contribution in [0.4, 0.5) is 13.2 Å². The fourth-order valence-electron chi connectivity index (χ4n) is 1.11. The molecule has 0 amide bonds. The molecule has 7 heteroatoms. The minimum absolute atomic E-state index is 0.177. The highest BCUT2D eigenvalue weighted by Gasteiger charge is 2.31. The Bertz CT molecular complexity index is 211. The third kappa shape index (κ3) is 7.44. The molecule has 0 aromatic heterocycles. The Hall–Kier alpha value is -0.490. The number of carboxylic acids is 1. The molecule has 0 aliphatic carbocycles. The van der Waals surface area contributed by atoms with Crippen LogP contribution in [0, 0.1) is 0 Å². The molecule has 0 fully saturated rings. The second-order valence-corrected chi connectivity index (χ2v) is 3.68. The zero-order valence-electron chi connectivity index (χ0n) is 8.22. The highest BCUT2D eigenvalue weighted by molar-refractivity contribution is 6.29. The maximum absolute atomic E-state index is 12.0. The van der Waals surface area contributed by atoms with Crippen molar-refractivity contribution < 1.29 is 23.1 Å². The minimum Gasteiger partial charge on any atom is -0.480 e. The summed E-state index contributed by atoms with van der Waals surface area (Å²) in [7, 11) is 0. The van der Waals surface area contributed by atoms with E-state index < -0.39 is 24.1 Å². The van der Waals surface area contributed by atoms with Crippen LogP contribution in [0.2, 0.25) is 0 Å². The highest BCUT2D eigenvalue weighted by Crippen LogP contribution is 2.17. The first kappa shape index (κ1) is 14.5. The Morgan fingerprint density at radius 1 is 1.53 bits per heavy atom. The average molecular weight is 248 g/mol. The number of halogens is 4. The number of rotatable bonds is 6. The van der Waals surface area contributed by atoms with E-state index >= 15 is 0 Å². The monoisotopic (exact) mass is 247 g/mol. The lowest BCUT2D eigenvalue weighted by atomic mass is 10.3. The van der Waals surface area contributed by atoms with Gasteiger partial charge in [-0.15, -0.1) is 11.6 Å². The van der Waals surface area contributed by atoms with Crippen LogP contribution in [0.3, 0.4) is 0 Å². The molecule has 1 unspecified atom stereocenters. The van der Waals surface area contributed by atoms with Crippen molar-refractivity contribution in [3.05, 3.63) is 0 Å². The minimum atomic E-state index is -4.33. The second kappa shape index (κ2) is 6.17. The van der Waals surface area contributed by atoms with Crippen LogP contribution >= 0.6 is 11.6 Å². The molecule has 0 bridgehead atoms. The van der Waals surface area contributed by atoms with Gasteiger partial charge in [-0.05, 0) is 13.0 Å². The van der Waals surface area contributed by atoms with Crippen molar-refractivity contribution in [1.82, 2.24) is 4.90 Å². The number of carbonyl (C=O) groups is 1. The number of carboxylic acid groups (broad SMARTS) is 1. The van der Waals surface area contributed by atoms with Gasteiger partial charge in [-0.25, -0.2) is 0 Å². The molecule has 3 nitrogen and oxygen atoms in total. The summed E-state index contributed by atoms with van der Waals surface area (Å²) in [5.74, 6) is -1.31. The first-order valence-electron chi connectivity index (χ1n) is 4.42. The standard InChI is InChI=1S/C8H13ClF3NO2/c1-2-3-13(5-8(10,11)12)4-6(9)7(14)15/h6H,2-5H2,1H3,(H,14,15). The van der Waals surface area contributed by atoms with Crippen LogP contribution in [0.1, 0.15) is 13.3 Å². The normalized spacial score (nSPS) is 14.3. The quantitative estimate of drug-likeness (QED) is 0.730. The topological polar surface area (TPSA) is 40.5 Å². The molecule has 0 rings (SSSR count). The maximum Gasteiger partial charge on any atom is 0.401 e. The lowest BCUT2D eigenvalue weighted by Crippen LogP contribution is -2.40. The molecule has 0 heterocycles. The average Bonchev–Trinajstić information content (AvgIpc) is 2.00. The van der Waals surface area contributed by atoms with E-state index in [1.54, 1.807) is 6.92 Å². The van der Waals surface area contributed by atoms with Gasteiger partial charge in [0.2, 0.25) is 0 Å². The molecule has 0 spiro atoms. The summed E-state index contributed by atoms with van der Waals surface area (Å²) in [6, 6.07) is 0. The van der Waals surface area contributed by atoms with E-state index in [1.165, 1.54) is 0 Å². The van der Waals surface area contributed by atoms with Gasteiger partial charge in [0.15, 0.2) is 0 Å². The Morgan fingerprint density at radius 2 is 2.07 bits per heavy atom. The molecular weight excluding hydrogens is 235 g/mol. The lowest BCUT2D eigenvalue weighted by molar-refractivity contribution is -0.149. The van der Waals surface area contributed by atoms with Crippen LogP contribution in [0.25, 0.3) is 0 Å². The highest BCUT2D eigenvalue weighted by atomic mass is 35.5. The van der Waals surface area contributed by atoms with E-state index in [0.717, 1.165) is 4.90 Å². The lowest BCUT2D eigenvalue weighted by Gasteiger charge is -2.23. The van der Waals surface area contributed by atoms with Crippen LogP contribution in [-0.2, 0) is 4.79 Å². The Balaban J connectivity index is 4.21. The molecule has 15 heavy (non-hydrogen) atoms. The van der Waals surface area contributed by atoms with Gasteiger partial charge in [0, 0.05) is 6.54 Å². The van der Waals surface area contributed by atoms with Crippen molar-refractivity contribution in [2.24, 2.45) is 0 Å². The molecule has 0 aromatic rings. The molecule has 1 atom stereocenters. The zero-order chi connectivity index (χ0) is 12.1. The molecule has 90 valence electrons. The molecular formula is C8H13ClF3NO2. The Morgan fingerprint density at radius 3 is 2.40 bits per heavy atom. The molecule has 0 aliphatic heterocycles.